The van der Waals surface area contributed by atoms with Gasteiger partial charge in [0.25, 0.3) is 0 Å². The maximum absolute atomic E-state index is 11.7. The maximum Gasteiger partial charge on any atom is 0.309 e. The molecule has 0 heterocycles. The molecule has 2 aromatic rings. The highest BCUT2D eigenvalue weighted by Gasteiger charge is 2.43. The summed E-state index contributed by atoms with van der Waals surface area (Å²) in [5, 5.41) is 11.3. The molecule has 2 aromatic carbocycles. The van der Waals surface area contributed by atoms with Crippen molar-refractivity contribution in [3.63, 3.8) is 0 Å². The Hall–Kier alpha value is -2.26. The smallest absolute Gasteiger partial charge is 0.309 e. The molecule has 1 saturated carbocycles. The van der Waals surface area contributed by atoms with Crippen LogP contribution in [0.5, 0.6) is 5.75 Å². The Kier molecular flexibility index (Phi) is 6.46. The van der Waals surface area contributed by atoms with E-state index in [1.165, 1.54) is 5.56 Å². The first kappa shape index (κ1) is 20.5. The minimum absolute atomic E-state index is 0.0511. The molecule has 1 N–H and O–H groups in total. The summed E-state index contributed by atoms with van der Waals surface area (Å²) in [6.45, 7) is 8.15. The van der Waals surface area contributed by atoms with Gasteiger partial charge in [0.1, 0.15) is 5.75 Å². The molecule has 0 aromatic heterocycles. The van der Waals surface area contributed by atoms with Crippen molar-refractivity contribution in [2.75, 3.05) is 6.61 Å². The van der Waals surface area contributed by atoms with Gasteiger partial charge >= 0.3 is 5.97 Å². The molecular weight excluding hydrogens is 372 g/mol. The summed E-state index contributed by atoms with van der Waals surface area (Å²) in [5.41, 5.74) is 4.65. The van der Waals surface area contributed by atoms with E-state index in [2.05, 4.69) is 18.7 Å². The summed E-state index contributed by atoms with van der Waals surface area (Å²) in [4.78, 5) is 11.7. The van der Waals surface area contributed by atoms with Crippen molar-refractivity contribution in [1.82, 2.24) is 0 Å². The molecule has 3 nitrogen and oxygen atoms in total. The third kappa shape index (κ3) is 4.96. The normalized spacial score (nSPS) is 18.0. The van der Waals surface area contributed by atoms with Crippen molar-refractivity contribution in [2.45, 2.75) is 39.5 Å². The van der Waals surface area contributed by atoms with E-state index in [9.17, 15) is 9.90 Å². The van der Waals surface area contributed by atoms with Crippen LogP contribution in [0.25, 0.3) is 11.1 Å². The van der Waals surface area contributed by atoms with Crippen LogP contribution in [0.2, 0.25) is 5.02 Å². The van der Waals surface area contributed by atoms with Crippen LogP contribution in [0.3, 0.4) is 0 Å². The van der Waals surface area contributed by atoms with E-state index < -0.39 is 0 Å². The van der Waals surface area contributed by atoms with E-state index >= 15 is 0 Å². The van der Waals surface area contributed by atoms with Gasteiger partial charge in [0.2, 0.25) is 0 Å². The predicted octanol–water partition coefficient (Wildman–Crippen LogP) is 5.96. The van der Waals surface area contributed by atoms with Crippen LogP contribution in [-0.2, 0) is 22.4 Å². The van der Waals surface area contributed by atoms with Gasteiger partial charge in [-0.15, -0.1) is 0 Å². The zero-order valence-corrected chi connectivity index (χ0v) is 17.3. The fourth-order valence-corrected chi connectivity index (χ4v) is 3.88. The molecule has 1 fully saturated rings. The van der Waals surface area contributed by atoms with Crippen LogP contribution >= 0.6 is 11.6 Å². The fraction of sp³-hybridized carbons (Fsp3) is 0.375. The number of esters is 1. The number of hydrogen-bond donors (Lipinski definition) is 1. The predicted molar refractivity (Wildman–Crippen MR) is 114 cm³/mol. The molecule has 0 bridgehead atoms. The van der Waals surface area contributed by atoms with Crippen molar-refractivity contribution in [1.29, 1.82) is 0 Å². The summed E-state index contributed by atoms with van der Waals surface area (Å²) < 4.78 is 5.09. The van der Waals surface area contributed by atoms with E-state index in [0.717, 1.165) is 41.5 Å². The van der Waals surface area contributed by atoms with Gasteiger partial charge in [-0.05, 0) is 74.3 Å². The number of benzene rings is 2. The molecule has 0 saturated heterocycles. The van der Waals surface area contributed by atoms with Crippen LogP contribution < -0.4 is 0 Å². The van der Waals surface area contributed by atoms with Crippen molar-refractivity contribution in [3.8, 4) is 16.9 Å². The lowest BCUT2D eigenvalue weighted by atomic mass is 9.96. The van der Waals surface area contributed by atoms with Gasteiger partial charge in [0.05, 0.1) is 12.5 Å². The Morgan fingerprint density at radius 2 is 2.00 bits per heavy atom. The first-order chi connectivity index (χ1) is 13.4. The average Bonchev–Trinajstić information content (AvgIpc) is 3.43. The average molecular weight is 399 g/mol. The van der Waals surface area contributed by atoms with Gasteiger partial charge in [-0.3, -0.25) is 4.79 Å². The van der Waals surface area contributed by atoms with Crippen LogP contribution in [0, 0.1) is 11.8 Å². The van der Waals surface area contributed by atoms with Gasteiger partial charge in [-0.25, -0.2) is 0 Å². The first-order valence-electron chi connectivity index (χ1n) is 9.80. The van der Waals surface area contributed by atoms with Gasteiger partial charge in [-0.1, -0.05) is 48.0 Å². The van der Waals surface area contributed by atoms with Gasteiger partial charge < -0.3 is 9.84 Å². The molecule has 4 heteroatoms. The number of rotatable bonds is 8. The van der Waals surface area contributed by atoms with Gasteiger partial charge in [0.15, 0.2) is 0 Å². The molecule has 3 rings (SSSR count). The number of halogens is 1. The van der Waals surface area contributed by atoms with Gasteiger partial charge in [0, 0.05) is 10.6 Å². The van der Waals surface area contributed by atoms with Crippen LogP contribution in [0.15, 0.2) is 48.6 Å². The molecule has 28 heavy (non-hydrogen) atoms. The number of carbonyl (C=O) groups is 1. The maximum atomic E-state index is 11.7. The summed E-state index contributed by atoms with van der Waals surface area (Å²) >= 11 is 6.26. The molecule has 0 amide bonds. The molecule has 2 atom stereocenters. The number of aryl methyl sites for hydroxylation is 1. The third-order valence-corrected chi connectivity index (χ3v) is 5.44. The highest BCUT2D eigenvalue weighted by atomic mass is 35.5. The second-order valence-corrected chi connectivity index (χ2v) is 8.12. The molecular formula is C24H27ClO3. The topological polar surface area (TPSA) is 46.5 Å². The zero-order chi connectivity index (χ0) is 20.3. The Morgan fingerprint density at radius 3 is 2.64 bits per heavy atom. The van der Waals surface area contributed by atoms with E-state index in [1.54, 1.807) is 12.1 Å². The lowest BCUT2D eigenvalue weighted by molar-refractivity contribution is -0.145. The molecule has 1 aliphatic carbocycles. The zero-order valence-electron chi connectivity index (χ0n) is 16.5. The Labute approximate surface area is 172 Å². The second-order valence-electron chi connectivity index (χ2n) is 7.68. The Bertz CT molecular complexity index is 870. The number of carbonyl (C=O) groups excluding carboxylic acids is 1. The minimum atomic E-state index is -0.0511. The van der Waals surface area contributed by atoms with Crippen molar-refractivity contribution in [2.24, 2.45) is 11.8 Å². The number of allylic oxidation sites excluding steroid dienone is 1. The second kappa shape index (κ2) is 8.83. The van der Waals surface area contributed by atoms with E-state index in [0.29, 0.717) is 24.0 Å². The van der Waals surface area contributed by atoms with Crippen molar-refractivity contribution in [3.05, 3.63) is 64.7 Å². The summed E-state index contributed by atoms with van der Waals surface area (Å²) in [6.07, 6.45) is 3.47. The Balaban J connectivity index is 1.66. The molecule has 0 radical (unpaired) electrons. The highest BCUT2D eigenvalue weighted by molar-refractivity contribution is 6.31. The summed E-state index contributed by atoms with van der Waals surface area (Å²) in [5.74, 6) is 0.745. The quantitative estimate of drug-likeness (QED) is 0.440. The largest absolute Gasteiger partial charge is 0.507 e. The van der Waals surface area contributed by atoms with E-state index in [1.807, 2.05) is 26.0 Å². The molecule has 148 valence electrons. The summed E-state index contributed by atoms with van der Waals surface area (Å²) in [6, 6.07) is 11.8. The fourth-order valence-electron chi connectivity index (χ4n) is 3.64. The van der Waals surface area contributed by atoms with Crippen molar-refractivity contribution < 1.29 is 14.6 Å². The van der Waals surface area contributed by atoms with E-state index in [4.69, 9.17) is 16.3 Å². The van der Waals surface area contributed by atoms with Crippen LogP contribution in [0.4, 0.5) is 0 Å². The molecule has 0 aliphatic heterocycles. The number of phenols is 1. The Morgan fingerprint density at radius 1 is 1.29 bits per heavy atom. The lowest BCUT2D eigenvalue weighted by Crippen LogP contribution is -2.07. The monoisotopic (exact) mass is 398 g/mol. The minimum Gasteiger partial charge on any atom is -0.507 e. The van der Waals surface area contributed by atoms with Crippen LogP contribution in [-0.4, -0.2) is 17.7 Å². The summed E-state index contributed by atoms with van der Waals surface area (Å²) in [7, 11) is 0. The van der Waals surface area contributed by atoms with Gasteiger partial charge in [-0.2, -0.15) is 0 Å². The number of aromatic hydroxyl groups is 1. The highest BCUT2D eigenvalue weighted by Crippen LogP contribution is 2.43. The SMILES string of the molecule is C=C(C)Cc1cc(Cl)cc(-c2ccc(CC[C@@H]3C[C@H]3C(=O)OCC)cc2)c1O. The number of ether oxygens (including phenoxy) is 1. The van der Waals surface area contributed by atoms with E-state index in [-0.39, 0.29) is 17.6 Å². The first-order valence-corrected chi connectivity index (χ1v) is 10.2. The standard InChI is InChI=1S/C24H27ClO3/c1-4-28-24(27)22-13-18(22)10-7-16-5-8-17(9-6-16)21-14-20(25)12-19(23(21)26)11-15(2)3/h5-6,8-9,12,14,18,22,26H,2,4,7,10-11,13H2,1,3H3/t18-,22-/m1/s1. The van der Waals surface area contributed by atoms with Crippen LogP contribution in [0.1, 0.15) is 37.8 Å². The lowest BCUT2D eigenvalue weighted by Gasteiger charge is -2.12. The third-order valence-electron chi connectivity index (χ3n) is 5.23. The molecule has 0 spiro atoms. The molecule has 0 unspecified atom stereocenters. The van der Waals surface area contributed by atoms with Crippen molar-refractivity contribution >= 4 is 17.6 Å². The number of phenolic OH excluding ortho intramolecular Hbond substituents is 1. The molecule has 1 aliphatic rings. The number of hydrogen-bond acceptors (Lipinski definition) is 3.